The molecule has 0 aliphatic rings. The monoisotopic (exact) mass is 375 g/mol. The first-order chi connectivity index (χ1) is 13.4. The molecule has 0 aliphatic carbocycles. The van der Waals surface area contributed by atoms with Gasteiger partial charge in [0, 0.05) is 6.54 Å². The van der Waals surface area contributed by atoms with Gasteiger partial charge >= 0.3 is 0 Å². The van der Waals surface area contributed by atoms with Gasteiger partial charge in [-0.1, -0.05) is 36.4 Å². The summed E-state index contributed by atoms with van der Waals surface area (Å²) in [7, 11) is 0. The second-order valence-electron chi connectivity index (χ2n) is 7.94. The molecule has 4 aromatic rings. The van der Waals surface area contributed by atoms with Gasteiger partial charge in [0.15, 0.2) is 5.65 Å². The summed E-state index contributed by atoms with van der Waals surface area (Å²) in [6.07, 6.45) is 1.71. The summed E-state index contributed by atoms with van der Waals surface area (Å²) >= 11 is 0. The van der Waals surface area contributed by atoms with Crippen LogP contribution < -0.4 is 16.8 Å². The number of rotatable bonds is 4. The first-order valence-electron chi connectivity index (χ1n) is 9.34. The van der Waals surface area contributed by atoms with Gasteiger partial charge in [-0.05, 0) is 43.2 Å². The molecule has 7 heteroatoms. The largest absolute Gasteiger partial charge is 0.383 e. The van der Waals surface area contributed by atoms with Crippen LogP contribution in [0.15, 0.2) is 48.7 Å². The first kappa shape index (κ1) is 18.2. The number of nitrogens with one attached hydrogen (secondary N) is 1. The number of nitrogen functional groups attached to an aromatic ring is 1. The number of hydrogen-bond acceptors (Lipinski definition) is 6. The molecule has 0 amide bonds. The zero-order chi connectivity index (χ0) is 19.9. The van der Waals surface area contributed by atoms with Gasteiger partial charge in [0.25, 0.3) is 0 Å². The quantitative estimate of drug-likeness (QED) is 0.504. The Bertz CT molecular complexity index is 1140. The Labute approximate surface area is 163 Å². The standard InChI is InChI=1S/C21H25N7/c1-21(2,3)28-19-16(12-24-28)18(23)26-20(27-19)25-17(11-22)15-9-8-13-6-4-5-7-14(13)10-15/h4-10,12,17H,11,22H2,1-3H3,(H3,23,25,26,27). The normalized spacial score (nSPS) is 13.1. The molecule has 4 rings (SSSR count). The smallest absolute Gasteiger partial charge is 0.227 e. The molecular formula is C21H25N7. The molecule has 0 fully saturated rings. The fourth-order valence-electron chi connectivity index (χ4n) is 3.34. The molecule has 1 atom stereocenters. The first-order valence-corrected chi connectivity index (χ1v) is 9.34. The van der Waals surface area contributed by atoms with Crippen molar-refractivity contribution in [1.82, 2.24) is 19.7 Å². The Kier molecular flexibility index (Phi) is 4.39. The average molecular weight is 375 g/mol. The highest BCUT2D eigenvalue weighted by atomic mass is 15.3. The molecule has 2 aromatic carbocycles. The van der Waals surface area contributed by atoms with E-state index >= 15 is 0 Å². The van der Waals surface area contributed by atoms with Crippen molar-refractivity contribution in [2.24, 2.45) is 5.73 Å². The summed E-state index contributed by atoms with van der Waals surface area (Å²) < 4.78 is 1.86. The van der Waals surface area contributed by atoms with Crippen LogP contribution in [0.4, 0.5) is 11.8 Å². The van der Waals surface area contributed by atoms with E-state index < -0.39 is 0 Å². The maximum atomic E-state index is 6.17. The molecule has 0 spiro atoms. The summed E-state index contributed by atoms with van der Waals surface area (Å²) in [6, 6.07) is 14.4. The SMILES string of the molecule is CC(C)(C)n1ncc2c(N)nc(NC(CN)c3ccc4ccccc4c3)nc21. The zero-order valence-electron chi connectivity index (χ0n) is 16.3. The van der Waals surface area contributed by atoms with Crippen LogP contribution in [0.5, 0.6) is 0 Å². The summed E-state index contributed by atoms with van der Waals surface area (Å²) in [5.74, 6) is 0.844. The molecule has 2 aromatic heterocycles. The van der Waals surface area contributed by atoms with Crippen molar-refractivity contribution >= 4 is 33.6 Å². The number of nitrogens with two attached hydrogens (primary N) is 2. The minimum Gasteiger partial charge on any atom is -0.383 e. The molecule has 0 saturated heterocycles. The number of anilines is 2. The predicted octanol–water partition coefficient (Wildman–Crippen LogP) is 3.43. The van der Waals surface area contributed by atoms with Crippen LogP contribution in [0.1, 0.15) is 32.4 Å². The van der Waals surface area contributed by atoms with Crippen LogP contribution in [0.2, 0.25) is 0 Å². The molecule has 28 heavy (non-hydrogen) atoms. The molecule has 0 radical (unpaired) electrons. The van der Waals surface area contributed by atoms with Crippen molar-refractivity contribution in [3.05, 3.63) is 54.2 Å². The fourth-order valence-corrected chi connectivity index (χ4v) is 3.34. The van der Waals surface area contributed by atoms with E-state index in [-0.39, 0.29) is 11.6 Å². The van der Waals surface area contributed by atoms with E-state index in [2.05, 4.69) is 71.5 Å². The third kappa shape index (κ3) is 3.25. The van der Waals surface area contributed by atoms with Gasteiger partial charge in [0.05, 0.1) is 23.2 Å². The van der Waals surface area contributed by atoms with Crippen LogP contribution in [0.3, 0.4) is 0 Å². The van der Waals surface area contributed by atoms with Crippen LogP contribution in [-0.2, 0) is 5.54 Å². The molecule has 0 aliphatic heterocycles. The number of fused-ring (bicyclic) bond motifs is 2. The van der Waals surface area contributed by atoms with Crippen LogP contribution in [0.25, 0.3) is 21.8 Å². The lowest BCUT2D eigenvalue weighted by Crippen LogP contribution is -2.24. The highest BCUT2D eigenvalue weighted by Gasteiger charge is 2.21. The lowest BCUT2D eigenvalue weighted by molar-refractivity contribution is 0.366. The third-order valence-electron chi connectivity index (χ3n) is 4.81. The molecule has 7 nitrogen and oxygen atoms in total. The topological polar surface area (TPSA) is 108 Å². The van der Waals surface area contributed by atoms with Gasteiger partial charge in [0.1, 0.15) is 5.82 Å². The van der Waals surface area contributed by atoms with Gasteiger partial charge < -0.3 is 16.8 Å². The minimum atomic E-state index is -0.217. The van der Waals surface area contributed by atoms with E-state index in [1.807, 2.05) is 16.8 Å². The Morgan fingerprint density at radius 2 is 1.82 bits per heavy atom. The van der Waals surface area contributed by atoms with Gasteiger partial charge in [-0.25, -0.2) is 4.68 Å². The number of hydrogen-bond donors (Lipinski definition) is 3. The van der Waals surface area contributed by atoms with Gasteiger partial charge in [-0.3, -0.25) is 0 Å². The van der Waals surface area contributed by atoms with Gasteiger partial charge in [-0.15, -0.1) is 0 Å². The van der Waals surface area contributed by atoms with Crippen molar-refractivity contribution in [2.75, 3.05) is 17.6 Å². The van der Waals surface area contributed by atoms with E-state index in [4.69, 9.17) is 11.5 Å². The summed E-state index contributed by atoms with van der Waals surface area (Å²) in [5, 5.41) is 10.9. The van der Waals surface area contributed by atoms with Crippen molar-refractivity contribution in [3.63, 3.8) is 0 Å². The Hall–Kier alpha value is -3.19. The van der Waals surface area contributed by atoms with Crippen molar-refractivity contribution < 1.29 is 0 Å². The van der Waals surface area contributed by atoms with E-state index in [1.54, 1.807) is 6.20 Å². The molecule has 2 heterocycles. The van der Waals surface area contributed by atoms with Crippen molar-refractivity contribution in [3.8, 4) is 0 Å². The maximum absolute atomic E-state index is 6.17. The molecule has 0 saturated carbocycles. The van der Waals surface area contributed by atoms with Crippen LogP contribution in [-0.4, -0.2) is 26.3 Å². The lowest BCUT2D eigenvalue weighted by atomic mass is 10.0. The second kappa shape index (κ2) is 6.76. The molecule has 1 unspecified atom stereocenters. The molecular weight excluding hydrogens is 350 g/mol. The van der Waals surface area contributed by atoms with Gasteiger partial charge in [-0.2, -0.15) is 15.1 Å². The van der Waals surface area contributed by atoms with Crippen LogP contribution in [0, 0.1) is 0 Å². The summed E-state index contributed by atoms with van der Waals surface area (Å²) in [6.45, 7) is 6.62. The van der Waals surface area contributed by atoms with Gasteiger partial charge in [0.2, 0.25) is 5.95 Å². The zero-order valence-corrected chi connectivity index (χ0v) is 16.3. The van der Waals surface area contributed by atoms with Crippen molar-refractivity contribution in [2.45, 2.75) is 32.4 Å². The Morgan fingerprint density at radius 1 is 1.07 bits per heavy atom. The highest BCUT2D eigenvalue weighted by Crippen LogP contribution is 2.27. The lowest BCUT2D eigenvalue weighted by Gasteiger charge is -2.21. The maximum Gasteiger partial charge on any atom is 0.227 e. The number of benzene rings is 2. The van der Waals surface area contributed by atoms with E-state index in [0.717, 1.165) is 10.9 Å². The molecule has 0 bridgehead atoms. The van der Waals surface area contributed by atoms with E-state index in [0.29, 0.717) is 24.0 Å². The van der Waals surface area contributed by atoms with Crippen molar-refractivity contribution in [1.29, 1.82) is 0 Å². The second-order valence-corrected chi connectivity index (χ2v) is 7.94. The third-order valence-corrected chi connectivity index (χ3v) is 4.81. The predicted molar refractivity (Wildman–Crippen MR) is 114 cm³/mol. The van der Waals surface area contributed by atoms with E-state index in [9.17, 15) is 0 Å². The number of aromatic nitrogens is 4. The number of nitrogens with zero attached hydrogens (tertiary/aromatic N) is 4. The molecule has 5 N–H and O–H groups in total. The highest BCUT2D eigenvalue weighted by molar-refractivity contribution is 5.86. The fraction of sp³-hybridized carbons (Fsp3) is 0.286. The Morgan fingerprint density at radius 3 is 2.54 bits per heavy atom. The minimum absolute atomic E-state index is 0.132. The van der Waals surface area contributed by atoms with E-state index in [1.165, 1.54) is 10.8 Å². The van der Waals surface area contributed by atoms with Crippen LogP contribution >= 0.6 is 0 Å². The summed E-state index contributed by atoms with van der Waals surface area (Å²) in [5.41, 5.74) is 13.8. The average Bonchev–Trinajstić information content (AvgIpc) is 3.11. The Balaban J connectivity index is 1.72. The summed E-state index contributed by atoms with van der Waals surface area (Å²) in [4.78, 5) is 9.10. The molecule has 144 valence electrons.